The van der Waals surface area contributed by atoms with Crippen LogP contribution in [-0.4, -0.2) is 23.5 Å². The number of amides is 2. The monoisotopic (exact) mass is 335 g/mol. The molecule has 2 rings (SSSR count). The van der Waals surface area contributed by atoms with Gasteiger partial charge < -0.3 is 9.90 Å². The molecule has 0 bridgehead atoms. The molecule has 0 saturated heterocycles. The highest BCUT2D eigenvalue weighted by Crippen LogP contribution is 2.21. The molecule has 0 aliphatic heterocycles. The lowest BCUT2D eigenvalue weighted by atomic mass is 10.2. The average molecular weight is 335 g/mol. The highest BCUT2D eigenvalue weighted by molar-refractivity contribution is 8.00. The van der Waals surface area contributed by atoms with Crippen LogP contribution >= 0.6 is 23.1 Å². The smallest absolute Gasteiger partial charge is 0.279 e. The Morgan fingerprint density at radius 1 is 1.09 bits per heavy atom. The third-order valence-electron chi connectivity index (χ3n) is 2.53. The topological polar surface area (TPSA) is 98.3 Å². The lowest BCUT2D eigenvalue weighted by Crippen LogP contribution is -2.42. The second kappa shape index (κ2) is 7.62. The van der Waals surface area contributed by atoms with E-state index in [9.17, 15) is 19.5 Å². The first kappa shape index (κ1) is 16.1. The molecule has 0 aliphatic carbocycles. The number of carboxylic acids is 1. The maximum absolute atomic E-state index is 11.7. The zero-order chi connectivity index (χ0) is 15.9. The Hall–Kier alpha value is -2.32. The van der Waals surface area contributed by atoms with Gasteiger partial charge in [-0.05, 0) is 17.5 Å². The van der Waals surface area contributed by atoms with E-state index < -0.39 is 17.8 Å². The van der Waals surface area contributed by atoms with Gasteiger partial charge in [0.05, 0.1) is 16.6 Å². The minimum atomic E-state index is -1.30. The highest BCUT2D eigenvalue weighted by Gasteiger charge is 2.10. The predicted octanol–water partition coefficient (Wildman–Crippen LogP) is 0.665. The molecular formula is C14H11N2O4S2-. The maximum Gasteiger partial charge on any atom is 0.279 e. The fraction of sp³-hybridized carbons (Fsp3) is 0.0714. The van der Waals surface area contributed by atoms with E-state index in [0.29, 0.717) is 9.77 Å². The Labute approximate surface area is 134 Å². The summed E-state index contributed by atoms with van der Waals surface area (Å²) in [5.74, 6) is -2.17. The van der Waals surface area contributed by atoms with Gasteiger partial charge in [-0.15, -0.1) is 23.1 Å². The first-order valence-electron chi connectivity index (χ1n) is 6.14. The molecule has 0 spiro atoms. The normalized spacial score (nSPS) is 10.0. The van der Waals surface area contributed by atoms with Crippen LogP contribution in [0.2, 0.25) is 0 Å². The standard InChI is InChI=1S/C14H12N2O4S2/c17-12(15-16-13(18)11-6-3-7-21-11)8-22-10-5-2-1-4-9(10)14(19)20/h1-7H,8H2,(H,15,17)(H,16,18)(H,19,20)/p-1. The zero-order valence-electron chi connectivity index (χ0n) is 11.2. The summed E-state index contributed by atoms with van der Waals surface area (Å²) in [7, 11) is 0. The minimum Gasteiger partial charge on any atom is -0.545 e. The number of aromatic carboxylic acids is 1. The lowest BCUT2D eigenvalue weighted by Gasteiger charge is -2.10. The molecule has 1 aromatic carbocycles. The van der Waals surface area contributed by atoms with Crippen LogP contribution in [0.15, 0.2) is 46.7 Å². The fourth-order valence-electron chi connectivity index (χ4n) is 1.54. The van der Waals surface area contributed by atoms with Gasteiger partial charge in [-0.3, -0.25) is 20.4 Å². The van der Waals surface area contributed by atoms with Crippen molar-refractivity contribution in [3.05, 3.63) is 52.2 Å². The van der Waals surface area contributed by atoms with Crippen LogP contribution in [0.1, 0.15) is 20.0 Å². The molecule has 22 heavy (non-hydrogen) atoms. The molecule has 0 atom stereocenters. The van der Waals surface area contributed by atoms with Gasteiger partial charge in [0.15, 0.2) is 0 Å². The van der Waals surface area contributed by atoms with Crippen molar-refractivity contribution in [3.8, 4) is 0 Å². The Morgan fingerprint density at radius 3 is 2.55 bits per heavy atom. The van der Waals surface area contributed by atoms with Crippen molar-refractivity contribution < 1.29 is 19.5 Å². The largest absolute Gasteiger partial charge is 0.545 e. The van der Waals surface area contributed by atoms with Crippen LogP contribution < -0.4 is 16.0 Å². The van der Waals surface area contributed by atoms with Crippen molar-refractivity contribution in [1.82, 2.24) is 10.9 Å². The number of nitrogens with one attached hydrogen (secondary N) is 2. The Balaban J connectivity index is 1.83. The van der Waals surface area contributed by atoms with E-state index in [2.05, 4.69) is 10.9 Å². The number of hydrogen-bond acceptors (Lipinski definition) is 6. The van der Waals surface area contributed by atoms with E-state index in [1.165, 1.54) is 17.4 Å². The van der Waals surface area contributed by atoms with Crippen LogP contribution in [0.3, 0.4) is 0 Å². The Bertz CT molecular complexity index is 686. The summed E-state index contributed by atoms with van der Waals surface area (Å²) >= 11 is 2.31. The molecule has 0 radical (unpaired) electrons. The number of carbonyl (C=O) groups is 3. The van der Waals surface area contributed by atoms with Crippen LogP contribution in [0.25, 0.3) is 0 Å². The summed E-state index contributed by atoms with van der Waals surface area (Å²) in [4.78, 5) is 35.1. The van der Waals surface area contributed by atoms with Crippen LogP contribution in [0.5, 0.6) is 0 Å². The second-order valence-electron chi connectivity index (χ2n) is 4.05. The second-order valence-corrected chi connectivity index (χ2v) is 6.02. The molecule has 0 aliphatic rings. The number of hydrogen-bond donors (Lipinski definition) is 2. The van der Waals surface area contributed by atoms with Crippen molar-refractivity contribution >= 4 is 40.9 Å². The number of carboxylic acid groups (broad SMARTS) is 1. The van der Waals surface area contributed by atoms with E-state index in [1.807, 2.05) is 0 Å². The van der Waals surface area contributed by atoms with E-state index in [4.69, 9.17) is 0 Å². The number of benzene rings is 1. The molecule has 1 aromatic heterocycles. The Kier molecular flexibility index (Phi) is 5.56. The number of thioether (sulfide) groups is 1. The summed E-state index contributed by atoms with van der Waals surface area (Å²) in [6, 6.07) is 9.62. The van der Waals surface area contributed by atoms with Gasteiger partial charge in [-0.25, -0.2) is 0 Å². The van der Waals surface area contributed by atoms with Gasteiger partial charge in [0.1, 0.15) is 0 Å². The molecular weight excluding hydrogens is 324 g/mol. The number of carbonyl (C=O) groups excluding carboxylic acids is 3. The molecule has 0 saturated carbocycles. The fourth-order valence-corrected chi connectivity index (χ4v) is 3.00. The SMILES string of the molecule is O=C(CSc1ccccc1C(=O)[O-])NNC(=O)c1cccs1. The molecule has 2 N–H and O–H groups in total. The molecule has 2 aromatic rings. The molecule has 2 amide bonds. The summed E-state index contributed by atoms with van der Waals surface area (Å²) < 4.78 is 0. The van der Waals surface area contributed by atoms with Crippen molar-refractivity contribution in [2.45, 2.75) is 4.90 Å². The van der Waals surface area contributed by atoms with E-state index >= 15 is 0 Å². The molecule has 8 heteroatoms. The average Bonchev–Trinajstić information content (AvgIpc) is 3.05. The lowest BCUT2D eigenvalue weighted by molar-refractivity contribution is -0.255. The van der Waals surface area contributed by atoms with Crippen LogP contribution in [-0.2, 0) is 4.79 Å². The predicted molar refractivity (Wildman–Crippen MR) is 81.4 cm³/mol. The molecule has 6 nitrogen and oxygen atoms in total. The molecule has 114 valence electrons. The van der Waals surface area contributed by atoms with Crippen LogP contribution in [0, 0.1) is 0 Å². The van der Waals surface area contributed by atoms with Crippen molar-refractivity contribution in [3.63, 3.8) is 0 Å². The van der Waals surface area contributed by atoms with Crippen molar-refractivity contribution in [2.75, 3.05) is 5.75 Å². The van der Waals surface area contributed by atoms with Gasteiger partial charge >= 0.3 is 0 Å². The van der Waals surface area contributed by atoms with Gasteiger partial charge in [0.2, 0.25) is 5.91 Å². The molecule has 0 fully saturated rings. The van der Waals surface area contributed by atoms with Gasteiger partial charge in [0.25, 0.3) is 5.91 Å². The number of rotatable bonds is 5. The third kappa shape index (κ3) is 4.34. The van der Waals surface area contributed by atoms with Crippen molar-refractivity contribution in [2.24, 2.45) is 0 Å². The highest BCUT2D eigenvalue weighted by atomic mass is 32.2. The van der Waals surface area contributed by atoms with Gasteiger partial charge in [-0.2, -0.15) is 0 Å². The van der Waals surface area contributed by atoms with Gasteiger partial charge in [-0.1, -0.05) is 24.3 Å². The summed E-state index contributed by atoms with van der Waals surface area (Å²) in [6.07, 6.45) is 0. The number of thiophene rings is 1. The quantitative estimate of drug-likeness (QED) is 0.618. The summed E-state index contributed by atoms with van der Waals surface area (Å²) in [6.45, 7) is 0. The first-order valence-corrected chi connectivity index (χ1v) is 8.00. The molecule has 1 heterocycles. The van der Waals surface area contributed by atoms with Crippen LogP contribution in [0.4, 0.5) is 0 Å². The van der Waals surface area contributed by atoms with Gasteiger partial charge in [0, 0.05) is 10.5 Å². The Morgan fingerprint density at radius 2 is 1.86 bits per heavy atom. The summed E-state index contributed by atoms with van der Waals surface area (Å²) in [5, 5.41) is 12.7. The minimum absolute atomic E-state index is 0.0305. The van der Waals surface area contributed by atoms with Crippen molar-refractivity contribution in [1.29, 1.82) is 0 Å². The third-order valence-corrected chi connectivity index (χ3v) is 4.47. The molecule has 0 unspecified atom stereocenters. The van der Waals surface area contributed by atoms with E-state index in [1.54, 1.807) is 35.7 Å². The summed E-state index contributed by atoms with van der Waals surface area (Å²) in [5.41, 5.74) is 4.59. The van der Waals surface area contributed by atoms with E-state index in [0.717, 1.165) is 11.8 Å². The first-order chi connectivity index (χ1) is 10.6. The zero-order valence-corrected chi connectivity index (χ0v) is 12.8. The maximum atomic E-state index is 11.7. The van der Waals surface area contributed by atoms with E-state index in [-0.39, 0.29) is 11.3 Å². The number of hydrazine groups is 1.